The molecule has 3 aromatic rings. The molecule has 7 heteroatoms. The van der Waals surface area contributed by atoms with Crippen molar-refractivity contribution in [3.63, 3.8) is 0 Å². The quantitative estimate of drug-likeness (QED) is 0.462. The molecule has 0 unspecified atom stereocenters. The molecule has 7 nitrogen and oxygen atoms in total. The molecule has 2 aromatic carbocycles. The van der Waals surface area contributed by atoms with Crippen LogP contribution in [0, 0.1) is 0 Å². The number of aryl methyl sites for hydroxylation is 1. The van der Waals surface area contributed by atoms with Gasteiger partial charge in [0.2, 0.25) is 0 Å². The van der Waals surface area contributed by atoms with Crippen molar-refractivity contribution in [1.82, 2.24) is 15.1 Å². The van der Waals surface area contributed by atoms with Crippen molar-refractivity contribution in [3.8, 4) is 17.0 Å². The zero-order valence-corrected chi connectivity index (χ0v) is 21.0. The van der Waals surface area contributed by atoms with Crippen LogP contribution in [0.5, 0.6) is 5.75 Å². The van der Waals surface area contributed by atoms with E-state index in [1.807, 2.05) is 35.2 Å². The van der Waals surface area contributed by atoms with E-state index in [0.717, 1.165) is 61.1 Å². The molecular formula is C28H35N5O2. The van der Waals surface area contributed by atoms with Crippen molar-refractivity contribution >= 4 is 17.4 Å². The summed E-state index contributed by atoms with van der Waals surface area (Å²) in [4.78, 5) is 19.0. The molecule has 1 saturated heterocycles. The van der Waals surface area contributed by atoms with Crippen molar-refractivity contribution in [3.05, 3.63) is 66.2 Å². The van der Waals surface area contributed by atoms with Gasteiger partial charge in [0.05, 0.1) is 5.69 Å². The first-order chi connectivity index (χ1) is 17.1. The van der Waals surface area contributed by atoms with Crippen molar-refractivity contribution in [2.24, 2.45) is 0 Å². The first kappa shape index (κ1) is 24.5. The molecule has 2 heterocycles. The maximum atomic E-state index is 12.7. The van der Waals surface area contributed by atoms with Crippen LogP contribution < -0.4 is 14.5 Å². The van der Waals surface area contributed by atoms with Gasteiger partial charge in [-0.2, -0.15) is 0 Å². The Labute approximate surface area is 208 Å². The fourth-order valence-corrected chi connectivity index (χ4v) is 4.34. The molecule has 0 saturated carbocycles. The van der Waals surface area contributed by atoms with Gasteiger partial charge in [0.1, 0.15) is 5.75 Å². The number of nitrogens with zero attached hydrogens (tertiary/aromatic N) is 5. The molecule has 0 atom stereocenters. The van der Waals surface area contributed by atoms with Crippen LogP contribution in [0.2, 0.25) is 0 Å². The minimum atomic E-state index is 0.00912. The van der Waals surface area contributed by atoms with E-state index in [9.17, 15) is 4.79 Å². The van der Waals surface area contributed by atoms with Crippen molar-refractivity contribution in [1.29, 1.82) is 0 Å². The highest BCUT2D eigenvalue weighted by Crippen LogP contribution is 2.22. The molecule has 1 aliphatic heterocycles. The monoisotopic (exact) mass is 473 g/mol. The van der Waals surface area contributed by atoms with Gasteiger partial charge in [0, 0.05) is 56.6 Å². The van der Waals surface area contributed by atoms with Crippen LogP contribution >= 0.6 is 0 Å². The average Bonchev–Trinajstić information content (AvgIpc) is 2.93. The first-order valence-electron chi connectivity index (χ1n) is 12.5. The van der Waals surface area contributed by atoms with Crippen molar-refractivity contribution in [2.75, 3.05) is 55.7 Å². The number of anilines is 2. The van der Waals surface area contributed by atoms with E-state index >= 15 is 0 Å². The zero-order chi connectivity index (χ0) is 24.6. The van der Waals surface area contributed by atoms with Gasteiger partial charge in [0.25, 0.3) is 5.91 Å². The third-order valence-electron chi connectivity index (χ3n) is 6.57. The predicted octanol–water partition coefficient (Wildman–Crippen LogP) is 4.28. The molecule has 0 spiro atoms. The van der Waals surface area contributed by atoms with Crippen molar-refractivity contribution < 1.29 is 9.53 Å². The van der Waals surface area contributed by atoms with Gasteiger partial charge in [-0.1, -0.05) is 37.3 Å². The van der Waals surface area contributed by atoms with Gasteiger partial charge in [-0.15, -0.1) is 10.2 Å². The Morgan fingerprint density at radius 1 is 0.914 bits per heavy atom. The van der Waals surface area contributed by atoms with Gasteiger partial charge in [-0.25, -0.2) is 0 Å². The number of aromatic nitrogens is 2. The molecule has 0 N–H and O–H groups in total. The van der Waals surface area contributed by atoms with Gasteiger partial charge in [0.15, 0.2) is 12.4 Å². The SMILES string of the molecule is CCc1ccc(-c2ccc(N3CCN(C(=O)COc4cccc(N(CC)CC)c4)CC3)nn2)cc1. The van der Waals surface area contributed by atoms with E-state index in [-0.39, 0.29) is 12.5 Å². The number of benzene rings is 2. The molecular weight excluding hydrogens is 438 g/mol. The molecule has 0 aliphatic carbocycles. The summed E-state index contributed by atoms with van der Waals surface area (Å²) in [5.41, 5.74) is 4.36. The minimum Gasteiger partial charge on any atom is -0.484 e. The Kier molecular flexibility index (Phi) is 8.19. The normalized spacial score (nSPS) is 13.6. The van der Waals surface area contributed by atoms with Crippen LogP contribution in [-0.2, 0) is 11.2 Å². The van der Waals surface area contributed by atoms with E-state index in [4.69, 9.17) is 4.74 Å². The average molecular weight is 474 g/mol. The lowest BCUT2D eigenvalue weighted by Crippen LogP contribution is -2.50. The number of hydrogen-bond donors (Lipinski definition) is 0. The van der Waals surface area contributed by atoms with Crippen LogP contribution in [-0.4, -0.2) is 66.9 Å². The molecule has 1 aliphatic rings. The topological polar surface area (TPSA) is 61.8 Å². The van der Waals surface area contributed by atoms with Gasteiger partial charge in [-0.05, 0) is 50.1 Å². The number of carbonyl (C=O) groups excluding carboxylic acids is 1. The van der Waals surface area contributed by atoms with Crippen LogP contribution in [0.1, 0.15) is 26.3 Å². The Bertz CT molecular complexity index is 1090. The summed E-state index contributed by atoms with van der Waals surface area (Å²) in [5.74, 6) is 1.58. The van der Waals surface area contributed by atoms with E-state index in [2.05, 4.69) is 71.1 Å². The summed E-state index contributed by atoms with van der Waals surface area (Å²) in [5, 5.41) is 8.88. The highest BCUT2D eigenvalue weighted by atomic mass is 16.5. The third kappa shape index (κ3) is 6.10. The summed E-state index contributed by atoms with van der Waals surface area (Å²) >= 11 is 0. The predicted molar refractivity (Wildman–Crippen MR) is 141 cm³/mol. The van der Waals surface area contributed by atoms with E-state index in [1.165, 1.54) is 5.56 Å². The second kappa shape index (κ2) is 11.7. The Morgan fingerprint density at radius 3 is 2.29 bits per heavy atom. The lowest BCUT2D eigenvalue weighted by atomic mass is 10.1. The molecule has 184 valence electrons. The fraction of sp³-hybridized carbons (Fsp3) is 0.393. The standard InChI is InChI=1S/C28H35N5O2/c1-4-22-10-12-23(13-11-22)26-14-15-27(30-29-26)32-16-18-33(19-17-32)28(34)21-35-25-9-7-8-24(20-25)31(5-2)6-3/h7-15,20H,4-6,16-19,21H2,1-3H3. The second-order valence-corrected chi connectivity index (χ2v) is 8.65. The van der Waals surface area contributed by atoms with Gasteiger partial charge < -0.3 is 19.4 Å². The number of carbonyl (C=O) groups is 1. The lowest BCUT2D eigenvalue weighted by Gasteiger charge is -2.35. The Balaban J connectivity index is 1.27. The smallest absolute Gasteiger partial charge is 0.260 e. The van der Waals surface area contributed by atoms with E-state index in [1.54, 1.807) is 0 Å². The zero-order valence-electron chi connectivity index (χ0n) is 21.0. The Hall–Kier alpha value is -3.61. The maximum Gasteiger partial charge on any atom is 0.260 e. The first-order valence-corrected chi connectivity index (χ1v) is 12.5. The van der Waals surface area contributed by atoms with Crippen LogP contribution in [0.25, 0.3) is 11.3 Å². The van der Waals surface area contributed by atoms with Gasteiger partial charge >= 0.3 is 0 Å². The van der Waals surface area contributed by atoms with Crippen LogP contribution in [0.3, 0.4) is 0 Å². The van der Waals surface area contributed by atoms with E-state index < -0.39 is 0 Å². The van der Waals surface area contributed by atoms with Crippen LogP contribution in [0.4, 0.5) is 11.5 Å². The lowest BCUT2D eigenvalue weighted by molar-refractivity contribution is -0.133. The molecule has 0 radical (unpaired) electrons. The third-order valence-corrected chi connectivity index (χ3v) is 6.57. The molecule has 1 fully saturated rings. The largest absolute Gasteiger partial charge is 0.484 e. The van der Waals surface area contributed by atoms with E-state index in [0.29, 0.717) is 13.1 Å². The highest BCUT2D eigenvalue weighted by molar-refractivity contribution is 5.78. The number of hydrogen-bond acceptors (Lipinski definition) is 6. The summed E-state index contributed by atoms with van der Waals surface area (Å²) < 4.78 is 5.83. The molecule has 1 amide bonds. The molecule has 35 heavy (non-hydrogen) atoms. The minimum absolute atomic E-state index is 0.00912. The van der Waals surface area contributed by atoms with Crippen molar-refractivity contribution in [2.45, 2.75) is 27.2 Å². The summed E-state index contributed by atoms with van der Waals surface area (Å²) in [6.45, 7) is 11.1. The molecule has 4 rings (SSSR count). The number of ether oxygens (including phenoxy) is 1. The highest BCUT2D eigenvalue weighted by Gasteiger charge is 2.22. The Morgan fingerprint density at radius 2 is 1.66 bits per heavy atom. The summed E-state index contributed by atoms with van der Waals surface area (Å²) in [6, 6.07) is 20.4. The number of amides is 1. The van der Waals surface area contributed by atoms with Crippen LogP contribution in [0.15, 0.2) is 60.7 Å². The number of rotatable bonds is 9. The molecule has 1 aromatic heterocycles. The number of piperazine rings is 1. The maximum absolute atomic E-state index is 12.7. The second-order valence-electron chi connectivity index (χ2n) is 8.65. The molecule has 0 bridgehead atoms. The summed E-state index contributed by atoms with van der Waals surface area (Å²) in [7, 11) is 0. The fourth-order valence-electron chi connectivity index (χ4n) is 4.34. The van der Waals surface area contributed by atoms with Gasteiger partial charge in [-0.3, -0.25) is 4.79 Å². The summed E-state index contributed by atoms with van der Waals surface area (Å²) in [6.07, 6.45) is 1.02.